The number of aromatic nitrogens is 2. The van der Waals surface area contributed by atoms with E-state index in [0.29, 0.717) is 21.0 Å². The summed E-state index contributed by atoms with van der Waals surface area (Å²) in [6.45, 7) is 0. The fraction of sp³-hybridized carbons (Fsp3) is 0. The molecule has 0 atom stereocenters. The Balaban J connectivity index is 1.99. The van der Waals surface area contributed by atoms with E-state index in [1.54, 1.807) is 30.3 Å². The van der Waals surface area contributed by atoms with Gasteiger partial charge in [0.05, 0.1) is 15.9 Å². The number of H-pyrrole nitrogens is 2. The average Bonchev–Trinajstić information content (AvgIpc) is 2.80. The van der Waals surface area contributed by atoms with Gasteiger partial charge in [-0.1, -0.05) is 11.6 Å². The third-order valence-corrected chi connectivity index (χ3v) is 4.73. The van der Waals surface area contributed by atoms with Gasteiger partial charge in [-0.25, -0.2) is 8.42 Å². The van der Waals surface area contributed by atoms with Gasteiger partial charge in [-0.05, 0) is 54.7 Å². The summed E-state index contributed by atoms with van der Waals surface area (Å²) in [6, 6.07) is 11.1. The van der Waals surface area contributed by atoms with E-state index in [2.05, 4.69) is 14.7 Å². The van der Waals surface area contributed by atoms with Crippen molar-refractivity contribution in [1.82, 2.24) is 9.97 Å². The molecule has 3 aromatic rings. The van der Waals surface area contributed by atoms with Crippen molar-refractivity contribution in [2.45, 2.75) is 4.90 Å². The van der Waals surface area contributed by atoms with Crippen LogP contribution in [0.2, 0.25) is 5.02 Å². The third kappa shape index (κ3) is 2.94. The number of benzene rings is 2. The van der Waals surface area contributed by atoms with E-state index >= 15 is 0 Å². The second kappa shape index (κ2) is 5.18. The molecule has 0 fully saturated rings. The Morgan fingerprint density at radius 2 is 1.67 bits per heavy atom. The lowest BCUT2D eigenvalue weighted by atomic mass is 10.3. The summed E-state index contributed by atoms with van der Waals surface area (Å²) in [4.78, 5) is 5.96. The van der Waals surface area contributed by atoms with Gasteiger partial charge >= 0.3 is 0 Å². The molecule has 0 radical (unpaired) electrons. The fourth-order valence-corrected chi connectivity index (χ4v) is 3.34. The molecule has 0 saturated carbocycles. The minimum absolute atomic E-state index is 0.148. The van der Waals surface area contributed by atoms with Crippen LogP contribution < -0.4 is 4.72 Å². The summed E-state index contributed by atoms with van der Waals surface area (Å²) in [5, 5.41) is 0.541. The molecule has 0 aliphatic heterocycles. The molecule has 0 aliphatic rings. The molecule has 0 saturated heterocycles. The van der Waals surface area contributed by atoms with Crippen LogP contribution in [0, 0.1) is 4.77 Å². The predicted octanol–water partition coefficient (Wildman–Crippen LogP) is 3.68. The highest BCUT2D eigenvalue weighted by Gasteiger charge is 2.15. The first-order chi connectivity index (χ1) is 9.94. The monoisotopic (exact) mass is 339 g/mol. The standard InChI is InChI=1S/C13H10ClN3O2S2/c14-8-1-3-9(4-2-8)17-21(18,19)10-5-6-11-12(7-10)16-13(20)15-11/h1-7,17H,(H2,15,16,20). The second-order valence-electron chi connectivity index (χ2n) is 4.40. The molecule has 3 rings (SSSR count). The van der Waals surface area contributed by atoms with E-state index in [1.807, 2.05) is 0 Å². The van der Waals surface area contributed by atoms with Crippen LogP contribution in [0.3, 0.4) is 0 Å². The van der Waals surface area contributed by atoms with Gasteiger partial charge in [0.15, 0.2) is 4.77 Å². The molecule has 0 amide bonds. The summed E-state index contributed by atoms with van der Waals surface area (Å²) in [5.74, 6) is 0. The average molecular weight is 340 g/mol. The van der Waals surface area contributed by atoms with Gasteiger partial charge in [-0.3, -0.25) is 4.72 Å². The molecule has 1 heterocycles. The van der Waals surface area contributed by atoms with E-state index < -0.39 is 10.0 Å². The van der Waals surface area contributed by atoms with Gasteiger partial charge in [-0.2, -0.15) is 0 Å². The van der Waals surface area contributed by atoms with Crippen LogP contribution in [0.1, 0.15) is 0 Å². The zero-order valence-electron chi connectivity index (χ0n) is 10.6. The van der Waals surface area contributed by atoms with Crippen molar-refractivity contribution in [1.29, 1.82) is 0 Å². The Hall–Kier alpha value is -1.83. The van der Waals surface area contributed by atoms with Crippen molar-refractivity contribution in [3.05, 3.63) is 52.3 Å². The Kier molecular flexibility index (Phi) is 3.48. The SMILES string of the molecule is O=S(=O)(Nc1ccc(Cl)cc1)c1ccc2[nH]c(=S)[nH]c2c1. The molecule has 1 aromatic heterocycles. The number of hydrogen-bond donors (Lipinski definition) is 3. The van der Waals surface area contributed by atoms with Crippen LogP contribution in [0.4, 0.5) is 5.69 Å². The van der Waals surface area contributed by atoms with Crippen molar-refractivity contribution in [2.75, 3.05) is 4.72 Å². The predicted molar refractivity (Wildman–Crippen MR) is 85.7 cm³/mol. The minimum atomic E-state index is -3.67. The lowest BCUT2D eigenvalue weighted by molar-refractivity contribution is 0.601. The molecular formula is C13H10ClN3O2S2. The largest absolute Gasteiger partial charge is 0.331 e. The van der Waals surface area contributed by atoms with Gasteiger partial charge in [-0.15, -0.1) is 0 Å². The van der Waals surface area contributed by atoms with E-state index in [9.17, 15) is 8.42 Å². The van der Waals surface area contributed by atoms with Crippen molar-refractivity contribution in [3.63, 3.8) is 0 Å². The molecule has 0 aliphatic carbocycles. The maximum absolute atomic E-state index is 12.3. The minimum Gasteiger partial charge on any atom is -0.331 e. The molecular weight excluding hydrogens is 330 g/mol. The molecule has 5 nitrogen and oxygen atoms in total. The highest BCUT2D eigenvalue weighted by atomic mass is 35.5. The number of nitrogens with one attached hydrogen (secondary N) is 3. The van der Waals surface area contributed by atoms with Gasteiger partial charge in [0.25, 0.3) is 10.0 Å². The van der Waals surface area contributed by atoms with Crippen molar-refractivity contribution < 1.29 is 8.42 Å². The van der Waals surface area contributed by atoms with Gasteiger partial charge in [0.2, 0.25) is 0 Å². The van der Waals surface area contributed by atoms with E-state index in [1.165, 1.54) is 12.1 Å². The number of halogens is 1. The number of anilines is 1. The molecule has 0 unspecified atom stereocenters. The molecule has 2 aromatic carbocycles. The molecule has 8 heteroatoms. The molecule has 0 spiro atoms. The summed E-state index contributed by atoms with van der Waals surface area (Å²) in [7, 11) is -3.67. The van der Waals surface area contributed by atoms with Crippen LogP contribution in [-0.4, -0.2) is 18.4 Å². The fourth-order valence-electron chi connectivity index (χ4n) is 1.91. The van der Waals surface area contributed by atoms with Crippen LogP contribution >= 0.6 is 23.8 Å². The number of hydrogen-bond acceptors (Lipinski definition) is 3. The molecule has 21 heavy (non-hydrogen) atoms. The first-order valence-electron chi connectivity index (χ1n) is 5.94. The first kappa shape index (κ1) is 14.1. The Bertz CT molecular complexity index is 959. The lowest BCUT2D eigenvalue weighted by Gasteiger charge is -2.08. The van der Waals surface area contributed by atoms with Crippen LogP contribution in [0.15, 0.2) is 47.4 Å². The Morgan fingerprint density at radius 1 is 1.00 bits per heavy atom. The molecule has 0 bridgehead atoms. The first-order valence-corrected chi connectivity index (χ1v) is 8.21. The summed E-state index contributed by atoms with van der Waals surface area (Å²) in [6.07, 6.45) is 0. The zero-order valence-corrected chi connectivity index (χ0v) is 12.9. The summed E-state index contributed by atoms with van der Waals surface area (Å²) >= 11 is 10.8. The highest BCUT2D eigenvalue weighted by molar-refractivity contribution is 7.92. The number of aromatic amines is 2. The number of fused-ring (bicyclic) bond motifs is 1. The van der Waals surface area contributed by atoms with E-state index in [4.69, 9.17) is 23.8 Å². The summed E-state index contributed by atoms with van der Waals surface area (Å²) < 4.78 is 27.6. The Labute approximate surface area is 131 Å². The van der Waals surface area contributed by atoms with Gasteiger partial charge in [0.1, 0.15) is 0 Å². The second-order valence-corrected chi connectivity index (χ2v) is 6.93. The van der Waals surface area contributed by atoms with Crippen molar-refractivity contribution in [2.24, 2.45) is 0 Å². The number of sulfonamides is 1. The topological polar surface area (TPSA) is 77.8 Å². The van der Waals surface area contributed by atoms with Crippen LogP contribution in [0.25, 0.3) is 11.0 Å². The zero-order chi connectivity index (χ0) is 15.0. The quantitative estimate of drug-likeness (QED) is 0.637. The van der Waals surface area contributed by atoms with Crippen molar-refractivity contribution >= 4 is 50.6 Å². The van der Waals surface area contributed by atoms with E-state index in [0.717, 1.165) is 5.52 Å². The normalized spacial score (nSPS) is 11.7. The van der Waals surface area contributed by atoms with Crippen LogP contribution in [0.5, 0.6) is 0 Å². The van der Waals surface area contributed by atoms with E-state index in [-0.39, 0.29) is 4.90 Å². The number of imidazole rings is 1. The maximum Gasteiger partial charge on any atom is 0.261 e. The highest BCUT2D eigenvalue weighted by Crippen LogP contribution is 2.21. The van der Waals surface area contributed by atoms with Crippen molar-refractivity contribution in [3.8, 4) is 0 Å². The molecule has 3 N–H and O–H groups in total. The third-order valence-electron chi connectivity index (χ3n) is 2.89. The molecule has 108 valence electrons. The number of rotatable bonds is 3. The van der Waals surface area contributed by atoms with Gasteiger partial charge < -0.3 is 9.97 Å². The van der Waals surface area contributed by atoms with Gasteiger partial charge in [0, 0.05) is 10.7 Å². The Morgan fingerprint density at radius 3 is 2.38 bits per heavy atom. The van der Waals surface area contributed by atoms with Crippen LogP contribution in [-0.2, 0) is 10.0 Å². The lowest BCUT2D eigenvalue weighted by Crippen LogP contribution is -2.12. The smallest absolute Gasteiger partial charge is 0.261 e. The maximum atomic E-state index is 12.3. The summed E-state index contributed by atoms with van der Waals surface area (Å²) in [5.41, 5.74) is 1.84.